The Kier molecular flexibility index (Phi) is 3.23. The van der Waals surface area contributed by atoms with E-state index in [0.717, 1.165) is 25.3 Å². The molecule has 0 radical (unpaired) electrons. The molecule has 0 bridgehead atoms. The van der Waals surface area contributed by atoms with Crippen LogP contribution < -0.4 is 5.32 Å². The van der Waals surface area contributed by atoms with Crippen molar-refractivity contribution in [3.63, 3.8) is 0 Å². The molecule has 1 unspecified atom stereocenters. The van der Waals surface area contributed by atoms with Crippen LogP contribution in [0.1, 0.15) is 31.0 Å². The lowest BCUT2D eigenvalue weighted by Gasteiger charge is -2.25. The SMILES string of the molecule is CC(C)Cc1cc2n(n1)CC(c1ccncc1)CN2. The minimum atomic E-state index is 0.474. The third-order valence-electron chi connectivity index (χ3n) is 3.55. The molecular weight excluding hydrogens is 236 g/mol. The van der Waals surface area contributed by atoms with E-state index in [1.807, 2.05) is 12.4 Å². The molecule has 0 saturated heterocycles. The smallest absolute Gasteiger partial charge is 0.124 e. The number of hydrogen-bond acceptors (Lipinski definition) is 3. The van der Waals surface area contributed by atoms with Crippen LogP contribution in [0.2, 0.25) is 0 Å². The minimum absolute atomic E-state index is 0.474. The summed E-state index contributed by atoms with van der Waals surface area (Å²) in [5.74, 6) is 2.27. The van der Waals surface area contributed by atoms with Crippen molar-refractivity contribution in [1.82, 2.24) is 14.8 Å². The van der Waals surface area contributed by atoms with E-state index in [2.05, 4.69) is 47.0 Å². The molecule has 2 aromatic rings. The number of pyridine rings is 1. The van der Waals surface area contributed by atoms with E-state index in [4.69, 9.17) is 5.10 Å². The summed E-state index contributed by atoms with van der Waals surface area (Å²) in [5.41, 5.74) is 2.52. The fourth-order valence-electron chi connectivity index (χ4n) is 2.63. The largest absolute Gasteiger partial charge is 0.370 e. The molecule has 3 heterocycles. The highest BCUT2D eigenvalue weighted by Crippen LogP contribution is 2.26. The van der Waals surface area contributed by atoms with Crippen LogP contribution in [0.25, 0.3) is 0 Å². The molecule has 0 amide bonds. The predicted octanol–water partition coefficient (Wildman–Crippen LogP) is 2.69. The molecule has 0 aromatic carbocycles. The molecular formula is C15H20N4. The van der Waals surface area contributed by atoms with Gasteiger partial charge in [0.25, 0.3) is 0 Å². The summed E-state index contributed by atoms with van der Waals surface area (Å²) < 4.78 is 2.10. The van der Waals surface area contributed by atoms with Gasteiger partial charge >= 0.3 is 0 Å². The van der Waals surface area contributed by atoms with Gasteiger partial charge < -0.3 is 5.32 Å². The van der Waals surface area contributed by atoms with Crippen LogP contribution in [0.3, 0.4) is 0 Å². The second-order valence-electron chi connectivity index (χ2n) is 5.66. The maximum absolute atomic E-state index is 4.71. The first-order valence-corrected chi connectivity index (χ1v) is 6.93. The van der Waals surface area contributed by atoms with E-state index >= 15 is 0 Å². The van der Waals surface area contributed by atoms with Gasteiger partial charge in [-0.05, 0) is 30.0 Å². The average molecular weight is 256 g/mol. The van der Waals surface area contributed by atoms with Gasteiger partial charge in [0.15, 0.2) is 0 Å². The van der Waals surface area contributed by atoms with E-state index in [1.54, 1.807) is 0 Å². The van der Waals surface area contributed by atoms with Crippen LogP contribution in [-0.2, 0) is 13.0 Å². The van der Waals surface area contributed by atoms with Crippen LogP contribution in [0, 0.1) is 5.92 Å². The molecule has 2 aromatic heterocycles. The molecule has 1 aliphatic rings. The summed E-state index contributed by atoms with van der Waals surface area (Å²) in [7, 11) is 0. The minimum Gasteiger partial charge on any atom is -0.370 e. The summed E-state index contributed by atoms with van der Waals surface area (Å²) in [4.78, 5) is 4.08. The fourth-order valence-corrected chi connectivity index (χ4v) is 2.63. The van der Waals surface area contributed by atoms with Gasteiger partial charge in [-0.25, -0.2) is 4.68 Å². The Balaban J connectivity index is 1.78. The van der Waals surface area contributed by atoms with Crippen LogP contribution in [0.5, 0.6) is 0 Å². The van der Waals surface area contributed by atoms with Crippen molar-refractivity contribution in [2.24, 2.45) is 5.92 Å². The highest BCUT2D eigenvalue weighted by molar-refractivity contribution is 5.40. The second-order valence-corrected chi connectivity index (χ2v) is 5.66. The number of hydrogen-bond donors (Lipinski definition) is 1. The molecule has 0 saturated carbocycles. The van der Waals surface area contributed by atoms with Gasteiger partial charge in [-0.2, -0.15) is 5.10 Å². The number of nitrogens with zero attached hydrogens (tertiary/aromatic N) is 3. The van der Waals surface area contributed by atoms with Gasteiger partial charge in [0.2, 0.25) is 0 Å². The van der Waals surface area contributed by atoms with Gasteiger partial charge in [-0.3, -0.25) is 4.98 Å². The lowest BCUT2D eigenvalue weighted by atomic mass is 9.99. The summed E-state index contributed by atoms with van der Waals surface area (Å²) in [6.07, 6.45) is 4.76. The lowest BCUT2D eigenvalue weighted by Crippen LogP contribution is -2.26. The topological polar surface area (TPSA) is 42.7 Å². The number of aromatic nitrogens is 3. The Morgan fingerprint density at radius 2 is 2.16 bits per heavy atom. The zero-order valence-electron chi connectivity index (χ0n) is 11.5. The molecule has 0 spiro atoms. The van der Waals surface area contributed by atoms with E-state index in [1.165, 1.54) is 11.3 Å². The quantitative estimate of drug-likeness (QED) is 0.918. The first-order valence-electron chi connectivity index (χ1n) is 6.93. The molecule has 0 aliphatic carbocycles. The number of rotatable bonds is 3. The normalized spacial score (nSPS) is 18.2. The Morgan fingerprint density at radius 3 is 2.89 bits per heavy atom. The van der Waals surface area contributed by atoms with E-state index in [9.17, 15) is 0 Å². The van der Waals surface area contributed by atoms with E-state index < -0.39 is 0 Å². The summed E-state index contributed by atoms with van der Waals surface area (Å²) in [6.45, 7) is 6.37. The average Bonchev–Trinajstić information content (AvgIpc) is 2.79. The monoisotopic (exact) mass is 256 g/mol. The maximum Gasteiger partial charge on any atom is 0.124 e. The highest BCUT2D eigenvalue weighted by atomic mass is 15.3. The van der Waals surface area contributed by atoms with Crippen molar-refractivity contribution in [2.75, 3.05) is 11.9 Å². The van der Waals surface area contributed by atoms with Crippen LogP contribution in [0.15, 0.2) is 30.6 Å². The molecule has 4 nitrogen and oxygen atoms in total. The number of anilines is 1. The molecule has 100 valence electrons. The Labute approximate surface area is 113 Å². The fraction of sp³-hybridized carbons (Fsp3) is 0.467. The van der Waals surface area contributed by atoms with Gasteiger partial charge in [-0.1, -0.05) is 13.8 Å². The van der Waals surface area contributed by atoms with Gasteiger partial charge in [0.1, 0.15) is 5.82 Å². The van der Waals surface area contributed by atoms with Crippen LogP contribution in [0.4, 0.5) is 5.82 Å². The Hall–Kier alpha value is -1.84. The van der Waals surface area contributed by atoms with Crippen LogP contribution in [-0.4, -0.2) is 21.3 Å². The molecule has 4 heteroatoms. The maximum atomic E-state index is 4.71. The number of nitrogens with one attached hydrogen (secondary N) is 1. The van der Waals surface area contributed by atoms with Crippen molar-refractivity contribution in [3.05, 3.63) is 41.9 Å². The van der Waals surface area contributed by atoms with Gasteiger partial charge in [0.05, 0.1) is 12.2 Å². The molecule has 1 N–H and O–H groups in total. The zero-order valence-corrected chi connectivity index (χ0v) is 11.5. The van der Waals surface area contributed by atoms with Crippen molar-refractivity contribution in [2.45, 2.75) is 32.7 Å². The highest BCUT2D eigenvalue weighted by Gasteiger charge is 2.21. The molecule has 19 heavy (non-hydrogen) atoms. The van der Waals surface area contributed by atoms with Crippen LogP contribution >= 0.6 is 0 Å². The Bertz CT molecular complexity index is 545. The van der Waals surface area contributed by atoms with Crippen molar-refractivity contribution >= 4 is 5.82 Å². The first kappa shape index (κ1) is 12.2. The molecule has 3 rings (SSSR count). The summed E-state index contributed by atoms with van der Waals surface area (Å²) >= 11 is 0. The third kappa shape index (κ3) is 2.62. The van der Waals surface area contributed by atoms with E-state index in [-0.39, 0.29) is 0 Å². The number of fused-ring (bicyclic) bond motifs is 1. The Morgan fingerprint density at radius 1 is 1.37 bits per heavy atom. The molecule has 1 aliphatic heterocycles. The van der Waals surface area contributed by atoms with Crippen molar-refractivity contribution < 1.29 is 0 Å². The van der Waals surface area contributed by atoms with Gasteiger partial charge in [0, 0.05) is 30.9 Å². The van der Waals surface area contributed by atoms with Crippen molar-refractivity contribution in [1.29, 1.82) is 0 Å². The zero-order chi connectivity index (χ0) is 13.2. The molecule has 1 atom stereocenters. The van der Waals surface area contributed by atoms with Gasteiger partial charge in [-0.15, -0.1) is 0 Å². The standard InChI is InChI=1S/C15H20N4/c1-11(2)7-14-8-15-17-9-13(10-19(15)18-14)12-3-5-16-6-4-12/h3-6,8,11,13,17H,7,9-10H2,1-2H3. The summed E-state index contributed by atoms with van der Waals surface area (Å²) in [5, 5.41) is 8.19. The first-order chi connectivity index (χ1) is 9.22. The van der Waals surface area contributed by atoms with Crippen molar-refractivity contribution in [3.8, 4) is 0 Å². The third-order valence-corrected chi connectivity index (χ3v) is 3.55. The lowest BCUT2D eigenvalue weighted by molar-refractivity contribution is 0.497. The summed E-state index contributed by atoms with van der Waals surface area (Å²) in [6, 6.07) is 6.37. The molecule has 0 fully saturated rings. The van der Waals surface area contributed by atoms with E-state index in [0.29, 0.717) is 11.8 Å². The predicted molar refractivity (Wildman–Crippen MR) is 76.2 cm³/mol. The second kappa shape index (κ2) is 5.03.